The van der Waals surface area contributed by atoms with Gasteiger partial charge in [0.15, 0.2) is 5.78 Å². The minimum atomic E-state index is 0.0679. The highest BCUT2D eigenvalue weighted by Crippen LogP contribution is 2.26. The van der Waals surface area contributed by atoms with Gasteiger partial charge in [0.25, 0.3) is 0 Å². The number of ketones is 1. The number of rotatable bonds is 5. The van der Waals surface area contributed by atoms with Gasteiger partial charge in [-0.25, -0.2) is 0 Å². The molecule has 2 rings (SSSR count). The Morgan fingerprint density at radius 2 is 2.06 bits per heavy atom. The van der Waals surface area contributed by atoms with Crippen LogP contribution in [0.5, 0.6) is 5.75 Å². The van der Waals surface area contributed by atoms with Gasteiger partial charge >= 0.3 is 0 Å². The zero-order valence-corrected chi connectivity index (χ0v) is 11.2. The largest absolute Gasteiger partial charge is 0.490 e. The summed E-state index contributed by atoms with van der Waals surface area (Å²) < 4.78 is 5.98. The van der Waals surface area contributed by atoms with E-state index in [1.165, 1.54) is 0 Å². The lowest BCUT2D eigenvalue weighted by Crippen LogP contribution is -2.23. The number of hydrogen-bond donors (Lipinski definition) is 1. The van der Waals surface area contributed by atoms with E-state index in [0.29, 0.717) is 24.3 Å². The lowest BCUT2D eigenvalue weighted by atomic mass is 10.1. The van der Waals surface area contributed by atoms with E-state index in [-0.39, 0.29) is 11.9 Å². The minimum absolute atomic E-state index is 0.0679. The fourth-order valence-electron chi connectivity index (χ4n) is 2.04. The van der Waals surface area contributed by atoms with E-state index < -0.39 is 0 Å². The molecule has 4 heteroatoms. The molecule has 1 heterocycles. The molecule has 1 saturated heterocycles. The molecule has 0 unspecified atom stereocenters. The fourth-order valence-corrected chi connectivity index (χ4v) is 3.10. The predicted molar refractivity (Wildman–Crippen MR) is 75.4 cm³/mol. The molecular weight excluding hydrogens is 246 g/mol. The van der Waals surface area contributed by atoms with Crippen LogP contribution in [0.2, 0.25) is 0 Å². The van der Waals surface area contributed by atoms with Crippen molar-refractivity contribution >= 4 is 17.5 Å². The highest BCUT2D eigenvalue weighted by Gasteiger charge is 2.18. The SMILES string of the molecule is NCCC(=O)c1ccccc1OC1CCSCC1. The van der Waals surface area contributed by atoms with Crippen LogP contribution >= 0.6 is 11.8 Å². The number of carbonyl (C=O) groups is 1. The van der Waals surface area contributed by atoms with Gasteiger partial charge in [0.05, 0.1) is 5.56 Å². The van der Waals surface area contributed by atoms with Gasteiger partial charge in [-0.15, -0.1) is 0 Å². The minimum Gasteiger partial charge on any atom is -0.490 e. The number of para-hydroxylation sites is 1. The van der Waals surface area contributed by atoms with Gasteiger partial charge in [0, 0.05) is 6.42 Å². The highest BCUT2D eigenvalue weighted by molar-refractivity contribution is 7.99. The number of hydrogen-bond acceptors (Lipinski definition) is 4. The van der Waals surface area contributed by atoms with Crippen LogP contribution < -0.4 is 10.5 Å². The van der Waals surface area contributed by atoms with Crippen molar-refractivity contribution in [3.05, 3.63) is 29.8 Å². The zero-order chi connectivity index (χ0) is 12.8. The van der Waals surface area contributed by atoms with Gasteiger partial charge in [-0.05, 0) is 43.0 Å². The number of nitrogens with two attached hydrogens (primary N) is 1. The van der Waals surface area contributed by atoms with E-state index in [9.17, 15) is 4.79 Å². The molecule has 1 aromatic rings. The van der Waals surface area contributed by atoms with Crippen molar-refractivity contribution in [1.29, 1.82) is 0 Å². The zero-order valence-electron chi connectivity index (χ0n) is 10.4. The van der Waals surface area contributed by atoms with Crippen molar-refractivity contribution in [3.8, 4) is 5.75 Å². The summed E-state index contributed by atoms with van der Waals surface area (Å²) in [6.07, 6.45) is 2.74. The van der Waals surface area contributed by atoms with Crippen LogP contribution in [0.1, 0.15) is 29.6 Å². The van der Waals surface area contributed by atoms with E-state index in [4.69, 9.17) is 10.5 Å². The molecule has 0 aromatic heterocycles. The Labute approximate surface area is 112 Å². The summed E-state index contributed by atoms with van der Waals surface area (Å²) in [6.45, 7) is 0.382. The third kappa shape index (κ3) is 3.50. The van der Waals surface area contributed by atoms with Crippen LogP contribution in [-0.2, 0) is 0 Å². The van der Waals surface area contributed by atoms with Crippen molar-refractivity contribution in [2.24, 2.45) is 5.73 Å². The molecule has 0 atom stereocenters. The van der Waals surface area contributed by atoms with Crippen molar-refractivity contribution in [1.82, 2.24) is 0 Å². The Bertz CT molecular complexity index is 403. The lowest BCUT2D eigenvalue weighted by Gasteiger charge is -2.23. The number of ether oxygens (including phenoxy) is 1. The topological polar surface area (TPSA) is 52.3 Å². The first-order valence-electron chi connectivity index (χ1n) is 6.38. The third-order valence-electron chi connectivity index (χ3n) is 3.02. The van der Waals surface area contributed by atoms with Gasteiger partial charge in [-0.1, -0.05) is 12.1 Å². The fraction of sp³-hybridized carbons (Fsp3) is 0.500. The quantitative estimate of drug-likeness (QED) is 0.831. The Balaban J connectivity index is 2.08. The Hall–Kier alpha value is -1.000. The maximum Gasteiger partial charge on any atom is 0.167 e. The monoisotopic (exact) mass is 265 g/mol. The lowest BCUT2D eigenvalue weighted by molar-refractivity contribution is 0.0977. The van der Waals surface area contributed by atoms with Crippen LogP contribution in [0.25, 0.3) is 0 Å². The number of Topliss-reactive ketones (excluding diaryl/α,β-unsaturated/α-hetero) is 1. The molecule has 0 bridgehead atoms. The molecule has 98 valence electrons. The Morgan fingerprint density at radius 3 is 2.78 bits per heavy atom. The molecule has 1 fully saturated rings. The molecule has 1 aliphatic heterocycles. The first-order valence-corrected chi connectivity index (χ1v) is 7.53. The number of benzene rings is 1. The first kappa shape index (κ1) is 13.4. The molecule has 0 radical (unpaired) electrons. The third-order valence-corrected chi connectivity index (χ3v) is 4.07. The van der Waals surface area contributed by atoms with Gasteiger partial charge in [-0.3, -0.25) is 4.79 Å². The molecule has 1 aromatic carbocycles. The highest BCUT2D eigenvalue weighted by atomic mass is 32.2. The molecule has 0 aliphatic carbocycles. The summed E-state index contributed by atoms with van der Waals surface area (Å²) in [6, 6.07) is 7.48. The summed E-state index contributed by atoms with van der Waals surface area (Å²) in [5.41, 5.74) is 6.10. The smallest absolute Gasteiger partial charge is 0.167 e. The first-order chi connectivity index (χ1) is 8.81. The summed E-state index contributed by atoms with van der Waals surface area (Å²) in [5.74, 6) is 3.07. The van der Waals surface area contributed by atoms with Crippen molar-refractivity contribution in [2.45, 2.75) is 25.4 Å². The maximum absolute atomic E-state index is 11.9. The average Bonchev–Trinajstić information content (AvgIpc) is 2.41. The van der Waals surface area contributed by atoms with Crippen molar-refractivity contribution in [2.75, 3.05) is 18.1 Å². The molecule has 1 aliphatic rings. The van der Waals surface area contributed by atoms with Crippen LogP contribution in [0.4, 0.5) is 0 Å². The van der Waals surface area contributed by atoms with E-state index in [1.807, 2.05) is 36.0 Å². The number of carbonyl (C=O) groups excluding carboxylic acids is 1. The van der Waals surface area contributed by atoms with Gasteiger partial charge in [-0.2, -0.15) is 11.8 Å². The summed E-state index contributed by atoms with van der Waals surface area (Å²) in [5, 5.41) is 0. The summed E-state index contributed by atoms with van der Waals surface area (Å²) in [7, 11) is 0. The molecule has 0 amide bonds. The van der Waals surface area contributed by atoms with E-state index >= 15 is 0 Å². The average molecular weight is 265 g/mol. The van der Waals surface area contributed by atoms with E-state index in [2.05, 4.69) is 0 Å². The second kappa shape index (κ2) is 6.81. The molecule has 0 saturated carbocycles. The summed E-state index contributed by atoms with van der Waals surface area (Å²) >= 11 is 1.96. The Kier molecular flexibility index (Phi) is 5.08. The van der Waals surface area contributed by atoms with Crippen LogP contribution in [0.15, 0.2) is 24.3 Å². The van der Waals surface area contributed by atoms with Crippen LogP contribution in [0.3, 0.4) is 0 Å². The standard InChI is InChI=1S/C14H19NO2S/c15-8-5-13(16)12-3-1-2-4-14(12)17-11-6-9-18-10-7-11/h1-4,11H,5-10,15H2. The van der Waals surface area contributed by atoms with Crippen LogP contribution in [0, 0.1) is 0 Å². The molecule has 0 spiro atoms. The van der Waals surface area contributed by atoms with Gasteiger partial charge in [0.2, 0.25) is 0 Å². The second-order valence-electron chi connectivity index (χ2n) is 4.39. The molecular formula is C14H19NO2S. The molecule has 3 nitrogen and oxygen atoms in total. The molecule has 2 N–H and O–H groups in total. The van der Waals surface area contributed by atoms with Gasteiger partial charge in [0.1, 0.15) is 11.9 Å². The maximum atomic E-state index is 11.9. The second-order valence-corrected chi connectivity index (χ2v) is 5.61. The normalized spacial score (nSPS) is 16.5. The Morgan fingerprint density at radius 1 is 1.33 bits per heavy atom. The van der Waals surface area contributed by atoms with Gasteiger partial charge < -0.3 is 10.5 Å². The van der Waals surface area contributed by atoms with Crippen LogP contribution in [-0.4, -0.2) is 29.9 Å². The predicted octanol–water partition coefficient (Wildman–Crippen LogP) is 2.49. The van der Waals surface area contributed by atoms with Crippen molar-refractivity contribution in [3.63, 3.8) is 0 Å². The summed E-state index contributed by atoms with van der Waals surface area (Å²) in [4.78, 5) is 11.9. The van der Waals surface area contributed by atoms with Crippen molar-refractivity contribution < 1.29 is 9.53 Å². The molecule has 18 heavy (non-hydrogen) atoms. The van der Waals surface area contributed by atoms with E-state index in [1.54, 1.807) is 0 Å². The van der Waals surface area contributed by atoms with E-state index in [0.717, 1.165) is 24.3 Å². The number of thioether (sulfide) groups is 1.